The van der Waals surface area contributed by atoms with Crippen molar-refractivity contribution in [2.45, 2.75) is 30.7 Å². The van der Waals surface area contributed by atoms with Gasteiger partial charge in [-0.05, 0) is 30.4 Å². The third kappa shape index (κ3) is 0.865. The van der Waals surface area contributed by atoms with Gasteiger partial charge in [-0.1, -0.05) is 24.3 Å². The monoisotopic (exact) mass is 185 g/mol. The summed E-state index contributed by atoms with van der Waals surface area (Å²) in [5.74, 6) is 0. The fraction of sp³-hybridized carbons (Fsp3) is 0.417. The minimum atomic E-state index is 0.212. The predicted octanol–water partition coefficient (Wildman–Crippen LogP) is 1.98. The Labute approximate surface area is 82.7 Å². The molecule has 1 spiro atoms. The van der Waals surface area contributed by atoms with Gasteiger partial charge in [0.15, 0.2) is 0 Å². The van der Waals surface area contributed by atoms with Gasteiger partial charge in [0.05, 0.1) is 6.04 Å². The lowest BCUT2D eigenvalue weighted by Gasteiger charge is -2.07. The molecule has 0 radical (unpaired) electrons. The summed E-state index contributed by atoms with van der Waals surface area (Å²) in [6.45, 7) is 0. The highest BCUT2D eigenvalue weighted by Gasteiger charge is 2.58. The average molecular weight is 185 g/mol. The number of rotatable bonds is 1. The normalized spacial score (nSPS) is 32.4. The molecule has 1 saturated carbocycles. The van der Waals surface area contributed by atoms with E-state index >= 15 is 0 Å². The van der Waals surface area contributed by atoms with Gasteiger partial charge >= 0.3 is 0 Å². The lowest BCUT2D eigenvalue weighted by atomic mass is 9.98. The van der Waals surface area contributed by atoms with Gasteiger partial charge in [0, 0.05) is 5.41 Å². The maximum atomic E-state index is 10.2. The van der Waals surface area contributed by atoms with Crippen LogP contribution in [0.25, 0.3) is 0 Å². The van der Waals surface area contributed by atoms with Gasteiger partial charge < -0.3 is 0 Å². The molecule has 3 rings (SSSR count). The molecule has 2 nitrogen and oxygen atoms in total. The van der Waals surface area contributed by atoms with E-state index in [2.05, 4.69) is 29.3 Å². The Morgan fingerprint density at radius 3 is 3.14 bits per heavy atom. The molecule has 0 heterocycles. The van der Waals surface area contributed by atoms with Crippen molar-refractivity contribution in [2.24, 2.45) is 4.99 Å². The first kappa shape index (κ1) is 7.95. The van der Waals surface area contributed by atoms with E-state index in [9.17, 15) is 4.79 Å². The van der Waals surface area contributed by atoms with E-state index in [0.29, 0.717) is 0 Å². The molecule has 0 aromatic heterocycles. The zero-order valence-corrected chi connectivity index (χ0v) is 7.86. The van der Waals surface area contributed by atoms with Gasteiger partial charge in [0.1, 0.15) is 0 Å². The Morgan fingerprint density at radius 1 is 1.43 bits per heavy atom. The van der Waals surface area contributed by atoms with Crippen LogP contribution < -0.4 is 0 Å². The van der Waals surface area contributed by atoms with Gasteiger partial charge in [-0.25, -0.2) is 9.79 Å². The number of fused-ring (bicyclic) bond motifs is 2. The van der Waals surface area contributed by atoms with E-state index in [0.717, 1.165) is 19.3 Å². The molecule has 14 heavy (non-hydrogen) atoms. The molecule has 0 bridgehead atoms. The molecule has 2 atom stereocenters. The summed E-state index contributed by atoms with van der Waals surface area (Å²) in [5, 5.41) is 0. The number of aryl methyl sites for hydroxylation is 1. The second-order valence-electron chi connectivity index (χ2n) is 4.25. The van der Waals surface area contributed by atoms with E-state index in [1.807, 2.05) is 0 Å². The predicted molar refractivity (Wildman–Crippen MR) is 53.0 cm³/mol. The van der Waals surface area contributed by atoms with E-state index < -0.39 is 0 Å². The number of hydrogen-bond acceptors (Lipinski definition) is 2. The molecule has 1 aromatic carbocycles. The maximum absolute atomic E-state index is 10.2. The van der Waals surface area contributed by atoms with Gasteiger partial charge in [0.2, 0.25) is 6.08 Å². The van der Waals surface area contributed by atoms with Crippen LogP contribution in [0.15, 0.2) is 29.3 Å². The van der Waals surface area contributed by atoms with Crippen LogP contribution >= 0.6 is 0 Å². The zero-order chi connectivity index (χ0) is 9.60. The molecule has 2 aliphatic rings. The van der Waals surface area contributed by atoms with Gasteiger partial charge in [-0.15, -0.1) is 0 Å². The second-order valence-corrected chi connectivity index (χ2v) is 4.25. The minimum Gasteiger partial charge on any atom is -0.211 e. The van der Waals surface area contributed by atoms with Crippen LogP contribution in [0, 0.1) is 0 Å². The average Bonchev–Trinajstić information content (AvgIpc) is 2.77. The van der Waals surface area contributed by atoms with Crippen molar-refractivity contribution < 1.29 is 4.79 Å². The fourth-order valence-corrected chi connectivity index (χ4v) is 2.79. The Balaban J connectivity index is 2.04. The van der Waals surface area contributed by atoms with Crippen molar-refractivity contribution >= 4 is 6.08 Å². The molecular weight excluding hydrogens is 174 g/mol. The number of carbonyl (C=O) groups excluding carboxylic acids is 1. The molecule has 1 aromatic rings. The highest BCUT2D eigenvalue weighted by atomic mass is 16.1. The standard InChI is InChI=1S/C12H11NO/c14-8-13-11-7-12(11)6-5-9-3-1-2-4-10(9)12/h1-4,11H,5-7H2/t11-,12-/m1/s1. The van der Waals surface area contributed by atoms with E-state index in [1.165, 1.54) is 11.1 Å². The van der Waals surface area contributed by atoms with Crippen molar-refractivity contribution in [3.63, 3.8) is 0 Å². The highest BCUT2D eigenvalue weighted by molar-refractivity contribution is 5.49. The molecule has 0 amide bonds. The van der Waals surface area contributed by atoms with Crippen LogP contribution in [0.1, 0.15) is 24.0 Å². The van der Waals surface area contributed by atoms with Gasteiger partial charge in [0.25, 0.3) is 0 Å². The summed E-state index contributed by atoms with van der Waals surface area (Å²) >= 11 is 0. The topological polar surface area (TPSA) is 29.4 Å². The Morgan fingerprint density at radius 2 is 2.29 bits per heavy atom. The SMILES string of the molecule is O=C=N[C@@H]1C[C@@]12CCc1ccccc12. The molecule has 0 N–H and O–H groups in total. The van der Waals surface area contributed by atoms with Crippen molar-refractivity contribution in [3.8, 4) is 0 Å². The lowest BCUT2D eigenvalue weighted by Crippen LogP contribution is -2.06. The quantitative estimate of drug-likeness (QED) is 0.486. The summed E-state index contributed by atoms with van der Waals surface area (Å²) in [7, 11) is 0. The minimum absolute atomic E-state index is 0.212. The molecule has 1 fully saturated rings. The molecule has 0 aliphatic heterocycles. The molecule has 0 saturated heterocycles. The Kier molecular flexibility index (Phi) is 1.45. The van der Waals surface area contributed by atoms with Crippen molar-refractivity contribution in [1.82, 2.24) is 0 Å². The first-order chi connectivity index (χ1) is 6.87. The smallest absolute Gasteiger partial charge is 0.211 e. The first-order valence-corrected chi connectivity index (χ1v) is 5.02. The number of aliphatic imine (C=N–C) groups is 1. The van der Waals surface area contributed by atoms with E-state index in [1.54, 1.807) is 6.08 Å². The van der Waals surface area contributed by atoms with Crippen LogP contribution in [0.5, 0.6) is 0 Å². The molecule has 2 heteroatoms. The maximum Gasteiger partial charge on any atom is 0.235 e. The summed E-state index contributed by atoms with van der Waals surface area (Å²) in [6, 6.07) is 8.74. The summed E-state index contributed by atoms with van der Waals surface area (Å²) in [6.07, 6.45) is 5.02. The third-order valence-electron chi connectivity index (χ3n) is 3.64. The summed E-state index contributed by atoms with van der Waals surface area (Å²) < 4.78 is 0. The van der Waals surface area contributed by atoms with Crippen LogP contribution in [0.2, 0.25) is 0 Å². The number of isocyanates is 1. The molecular formula is C12H11NO. The first-order valence-electron chi connectivity index (χ1n) is 5.02. The van der Waals surface area contributed by atoms with Crippen LogP contribution in [0.4, 0.5) is 0 Å². The van der Waals surface area contributed by atoms with Gasteiger partial charge in [-0.2, -0.15) is 0 Å². The Hall–Kier alpha value is -1.40. The number of nitrogens with zero attached hydrogens (tertiary/aromatic N) is 1. The van der Waals surface area contributed by atoms with Crippen LogP contribution in [-0.2, 0) is 16.6 Å². The number of hydrogen-bond donors (Lipinski definition) is 0. The van der Waals surface area contributed by atoms with Crippen LogP contribution in [-0.4, -0.2) is 12.1 Å². The summed E-state index contributed by atoms with van der Waals surface area (Å²) in [4.78, 5) is 14.1. The van der Waals surface area contributed by atoms with Crippen molar-refractivity contribution in [3.05, 3.63) is 35.4 Å². The Bertz CT molecular complexity index is 434. The highest BCUT2D eigenvalue weighted by Crippen LogP contribution is 2.58. The van der Waals surface area contributed by atoms with Crippen molar-refractivity contribution in [2.75, 3.05) is 0 Å². The largest absolute Gasteiger partial charge is 0.235 e. The second kappa shape index (κ2) is 2.55. The third-order valence-corrected chi connectivity index (χ3v) is 3.64. The molecule has 0 unspecified atom stereocenters. The van der Waals surface area contributed by atoms with Crippen molar-refractivity contribution in [1.29, 1.82) is 0 Å². The summed E-state index contributed by atoms with van der Waals surface area (Å²) in [5.41, 5.74) is 3.08. The lowest BCUT2D eigenvalue weighted by molar-refractivity contribution is 0.559. The van der Waals surface area contributed by atoms with E-state index in [-0.39, 0.29) is 11.5 Å². The molecule has 2 aliphatic carbocycles. The molecule has 70 valence electrons. The van der Waals surface area contributed by atoms with Gasteiger partial charge in [-0.3, -0.25) is 0 Å². The van der Waals surface area contributed by atoms with Crippen LogP contribution in [0.3, 0.4) is 0 Å². The fourth-order valence-electron chi connectivity index (χ4n) is 2.79. The zero-order valence-electron chi connectivity index (χ0n) is 7.86. The number of benzene rings is 1. The van der Waals surface area contributed by atoms with E-state index in [4.69, 9.17) is 0 Å².